The average Bonchev–Trinajstić information content (AvgIpc) is 2.49. The summed E-state index contributed by atoms with van der Waals surface area (Å²) in [5, 5.41) is 3.55. The van der Waals surface area contributed by atoms with Crippen LogP contribution in [0.2, 0.25) is 5.02 Å². The maximum atomic E-state index is 13.8. The summed E-state index contributed by atoms with van der Waals surface area (Å²) in [6.07, 6.45) is 3.52. The number of hydrogen-bond acceptors (Lipinski definition) is 1. The number of hydrogen-bond donors (Lipinski definition) is 1. The normalized spacial score (nSPS) is 12.2. The highest BCUT2D eigenvalue weighted by Crippen LogP contribution is 2.28. The minimum absolute atomic E-state index is 0.000347. The van der Waals surface area contributed by atoms with Gasteiger partial charge >= 0.3 is 0 Å². The fourth-order valence-corrected chi connectivity index (χ4v) is 2.51. The molecule has 0 heterocycles. The van der Waals surface area contributed by atoms with E-state index >= 15 is 0 Å². The molecule has 0 amide bonds. The Morgan fingerprint density at radius 3 is 2.48 bits per heavy atom. The molecule has 21 heavy (non-hydrogen) atoms. The molecule has 2 aromatic carbocycles. The van der Waals surface area contributed by atoms with Crippen molar-refractivity contribution < 1.29 is 4.39 Å². The maximum Gasteiger partial charge on any atom is 0.147 e. The van der Waals surface area contributed by atoms with Crippen molar-refractivity contribution in [3.63, 3.8) is 0 Å². The molecule has 3 heteroatoms. The Kier molecular flexibility index (Phi) is 5.63. The molecule has 0 aromatic heterocycles. The lowest BCUT2D eigenvalue weighted by molar-refractivity contribution is 0.627. The fourth-order valence-electron chi connectivity index (χ4n) is 2.29. The number of rotatable bonds is 6. The van der Waals surface area contributed by atoms with E-state index in [0.717, 1.165) is 12.0 Å². The first-order valence-corrected chi connectivity index (χ1v) is 7.79. The molecule has 1 nitrogen and oxygen atoms in total. The summed E-state index contributed by atoms with van der Waals surface area (Å²) in [7, 11) is 0. The van der Waals surface area contributed by atoms with Crippen LogP contribution in [-0.2, 0) is 6.42 Å². The van der Waals surface area contributed by atoms with Gasteiger partial charge in [-0.3, -0.25) is 0 Å². The third-order valence-corrected chi connectivity index (χ3v) is 3.94. The SMILES string of the molecule is CCCCc1ccc(C(C)Nc2c(F)cccc2Cl)cc1. The minimum atomic E-state index is -0.325. The van der Waals surface area contributed by atoms with Crippen molar-refractivity contribution in [3.05, 3.63) is 64.4 Å². The average molecular weight is 306 g/mol. The van der Waals surface area contributed by atoms with Crippen LogP contribution in [0.4, 0.5) is 10.1 Å². The highest BCUT2D eigenvalue weighted by molar-refractivity contribution is 6.33. The van der Waals surface area contributed by atoms with Gasteiger partial charge in [0.1, 0.15) is 5.82 Å². The molecule has 1 atom stereocenters. The third kappa shape index (κ3) is 4.21. The summed E-state index contributed by atoms with van der Waals surface area (Å²) in [6, 6.07) is 13.2. The number of aryl methyl sites for hydroxylation is 1. The van der Waals surface area contributed by atoms with E-state index < -0.39 is 0 Å². The molecule has 1 unspecified atom stereocenters. The molecule has 0 aliphatic carbocycles. The zero-order valence-corrected chi connectivity index (χ0v) is 13.3. The van der Waals surface area contributed by atoms with Gasteiger partial charge in [-0.05, 0) is 43.0 Å². The second-order valence-corrected chi connectivity index (χ2v) is 5.72. The van der Waals surface area contributed by atoms with E-state index in [1.54, 1.807) is 12.1 Å². The quantitative estimate of drug-likeness (QED) is 0.690. The number of para-hydroxylation sites is 1. The van der Waals surface area contributed by atoms with Crippen molar-refractivity contribution in [1.29, 1.82) is 0 Å². The van der Waals surface area contributed by atoms with Crippen LogP contribution in [0.1, 0.15) is 43.9 Å². The van der Waals surface area contributed by atoms with Crippen LogP contribution in [0.5, 0.6) is 0 Å². The third-order valence-electron chi connectivity index (χ3n) is 3.62. The molecule has 2 aromatic rings. The molecule has 0 radical (unpaired) electrons. The summed E-state index contributed by atoms with van der Waals surface area (Å²) in [5.41, 5.74) is 2.83. The highest BCUT2D eigenvalue weighted by Gasteiger charge is 2.11. The Morgan fingerprint density at radius 2 is 1.86 bits per heavy atom. The van der Waals surface area contributed by atoms with Gasteiger partial charge in [-0.1, -0.05) is 55.3 Å². The van der Waals surface area contributed by atoms with Crippen molar-refractivity contribution in [2.75, 3.05) is 5.32 Å². The standard InChI is InChI=1S/C18H21ClFN/c1-3-4-6-14-9-11-15(12-10-14)13(2)21-18-16(19)7-5-8-17(18)20/h5,7-13,21H,3-4,6H2,1-2H3. The van der Waals surface area contributed by atoms with Crippen LogP contribution in [0, 0.1) is 5.82 Å². The lowest BCUT2D eigenvalue weighted by Crippen LogP contribution is -2.08. The molecule has 0 bridgehead atoms. The van der Waals surface area contributed by atoms with Crippen molar-refractivity contribution in [1.82, 2.24) is 0 Å². The maximum absolute atomic E-state index is 13.8. The lowest BCUT2D eigenvalue weighted by atomic mass is 10.0. The Labute approximate surface area is 131 Å². The van der Waals surface area contributed by atoms with Crippen LogP contribution in [0.25, 0.3) is 0 Å². The number of benzene rings is 2. The summed E-state index contributed by atoms with van der Waals surface area (Å²) in [5.74, 6) is -0.325. The van der Waals surface area contributed by atoms with E-state index in [4.69, 9.17) is 11.6 Å². The van der Waals surface area contributed by atoms with Gasteiger partial charge in [0.15, 0.2) is 0 Å². The molecular weight excluding hydrogens is 285 g/mol. The van der Waals surface area contributed by atoms with E-state index in [0.29, 0.717) is 10.7 Å². The van der Waals surface area contributed by atoms with Crippen LogP contribution < -0.4 is 5.32 Å². The highest BCUT2D eigenvalue weighted by atomic mass is 35.5. The number of halogens is 2. The van der Waals surface area contributed by atoms with Gasteiger partial charge < -0.3 is 5.32 Å². The Bertz CT molecular complexity index is 560. The van der Waals surface area contributed by atoms with Crippen molar-refractivity contribution in [3.8, 4) is 0 Å². The van der Waals surface area contributed by atoms with Gasteiger partial charge in [0.2, 0.25) is 0 Å². The van der Waals surface area contributed by atoms with Crippen LogP contribution in [0.3, 0.4) is 0 Å². The summed E-state index contributed by atoms with van der Waals surface area (Å²) < 4.78 is 13.8. The van der Waals surface area contributed by atoms with Gasteiger partial charge in [0, 0.05) is 6.04 Å². The van der Waals surface area contributed by atoms with Gasteiger partial charge in [0.25, 0.3) is 0 Å². The molecule has 0 aliphatic rings. The number of anilines is 1. The van der Waals surface area contributed by atoms with Crippen molar-refractivity contribution >= 4 is 17.3 Å². The van der Waals surface area contributed by atoms with Crippen LogP contribution >= 0.6 is 11.6 Å². The molecule has 112 valence electrons. The molecule has 0 saturated carbocycles. The van der Waals surface area contributed by atoms with Crippen LogP contribution in [0.15, 0.2) is 42.5 Å². The summed E-state index contributed by atoms with van der Waals surface area (Å²) in [4.78, 5) is 0. The molecule has 1 N–H and O–H groups in total. The smallest absolute Gasteiger partial charge is 0.147 e. The van der Waals surface area contributed by atoms with E-state index in [1.807, 2.05) is 6.92 Å². The van der Waals surface area contributed by atoms with E-state index in [9.17, 15) is 4.39 Å². The predicted molar refractivity (Wildman–Crippen MR) is 88.5 cm³/mol. The number of unbranched alkanes of at least 4 members (excludes halogenated alkanes) is 1. The van der Waals surface area contributed by atoms with Crippen molar-refractivity contribution in [2.45, 2.75) is 39.2 Å². The van der Waals surface area contributed by atoms with Gasteiger partial charge in [-0.15, -0.1) is 0 Å². The van der Waals surface area contributed by atoms with Gasteiger partial charge in [-0.25, -0.2) is 4.39 Å². The summed E-state index contributed by atoms with van der Waals surface area (Å²) >= 11 is 6.04. The minimum Gasteiger partial charge on any atom is -0.375 e. The van der Waals surface area contributed by atoms with E-state index in [2.05, 4.69) is 36.5 Å². The largest absolute Gasteiger partial charge is 0.375 e. The van der Waals surface area contributed by atoms with Crippen molar-refractivity contribution in [2.24, 2.45) is 0 Å². The zero-order chi connectivity index (χ0) is 15.2. The molecule has 0 spiro atoms. The Morgan fingerprint density at radius 1 is 1.14 bits per heavy atom. The van der Waals surface area contributed by atoms with Crippen LogP contribution in [-0.4, -0.2) is 0 Å². The molecular formula is C18H21ClFN. The second-order valence-electron chi connectivity index (χ2n) is 5.31. The molecule has 0 fully saturated rings. The van der Waals surface area contributed by atoms with Gasteiger partial charge in [-0.2, -0.15) is 0 Å². The van der Waals surface area contributed by atoms with E-state index in [1.165, 1.54) is 24.5 Å². The Hall–Kier alpha value is -1.54. The second kappa shape index (κ2) is 7.46. The fraction of sp³-hybridized carbons (Fsp3) is 0.333. The lowest BCUT2D eigenvalue weighted by Gasteiger charge is -2.17. The monoisotopic (exact) mass is 305 g/mol. The Balaban J connectivity index is 2.08. The molecule has 0 aliphatic heterocycles. The van der Waals surface area contributed by atoms with E-state index in [-0.39, 0.29) is 11.9 Å². The topological polar surface area (TPSA) is 12.0 Å². The molecule has 0 saturated heterocycles. The first-order chi connectivity index (χ1) is 10.1. The summed E-state index contributed by atoms with van der Waals surface area (Å²) in [6.45, 7) is 4.20. The first-order valence-electron chi connectivity index (χ1n) is 7.41. The molecule has 2 rings (SSSR count). The number of nitrogens with one attached hydrogen (secondary N) is 1. The predicted octanol–water partition coefficient (Wildman–Crippen LogP) is 5.99. The zero-order valence-electron chi connectivity index (χ0n) is 12.5. The van der Waals surface area contributed by atoms with Gasteiger partial charge in [0.05, 0.1) is 10.7 Å². The first kappa shape index (κ1) is 15.8.